The van der Waals surface area contributed by atoms with Crippen LogP contribution in [0.4, 0.5) is 0 Å². The summed E-state index contributed by atoms with van der Waals surface area (Å²) >= 11 is 0. The van der Waals surface area contributed by atoms with Gasteiger partial charge in [-0.1, -0.05) is 13.8 Å². The van der Waals surface area contributed by atoms with Gasteiger partial charge in [0.25, 0.3) is 0 Å². The van der Waals surface area contributed by atoms with Crippen LogP contribution in [0.15, 0.2) is 0 Å². The zero-order valence-electron chi connectivity index (χ0n) is 22.3. The minimum Gasteiger partial charge on any atom is -0.309 e. The summed E-state index contributed by atoms with van der Waals surface area (Å²) in [5.74, 6) is 0.866. The van der Waals surface area contributed by atoms with Crippen molar-refractivity contribution in [3.8, 4) is 0 Å². The van der Waals surface area contributed by atoms with Crippen molar-refractivity contribution in [3.05, 3.63) is 0 Å². The van der Waals surface area contributed by atoms with Crippen LogP contribution < -0.4 is 0 Å². The summed E-state index contributed by atoms with van der Waals surface area (Å²) in [5.41, 5.74) is 0. The SMILES string of the molecule is CC(C)CCCN(C)C.CC(C)N(C)CCN(C)C.CC(C)N1CCN(C)CC1. The van der Waals surface area contributed by atoms with E-state index in [1.54, 1.807) is 0 Å². The van der Waals surface area contributed by atoms with Crippen LogP contribution in [-0.2, 0) is 0 Å². The fourth-order valence-electron chi connectivity index (χ4n) is 2.77. The highest BCUT2D eigenvalue weighted by Crippen LogP contribution is 2.03. The summed E-state index contributed by atoms with van der Waals surface area (Å²) in [6, 6.07) is 1.40. The van der Waals surface area contributed by atoms with Gasteiger partial charge in [0.1, 0.15) is 0 Å². The van der Waals surface area contributed by atoms with Gasteiger partial charge in [0, 0.05) is 51.4 Å². The number of hydrogen-bond acceptors (Lipinski definition) is 5. The predicted octanol–water partition coefficient (Wildman–Crippen LogP) is 3.51. The Labute approximate surface area is 185 Å². The van der Waals surface area contributed by atoms with E-state index in [9.17, 15) is 0 Å². The molecule has 1 rings (SSSR count). The monoisotopic (exact) mass is 415 g/mol. The normalized spacial score (nSPS) is 15.9. The molecule has 1 aliphatic rings. The number of hydrogen-bond donors (Lipinski definition) is 0. The van der Waals surface area contributed by atoms with Crippen LogP contribution >= 0.6 is 0 Å². The molecule has 0 aromatic rings. The maximum atomic E-state index is 2.53. The van der Waals surface area contributed by atoms with Gasteiger partial charge in [-0.05, 0) is 95.3 Å². The lowest BCUT2D eigenvalue weighted by Gasteiger charge is -2.34. The summed E-state index contributed by atoms with van der Waals surface area (Å²) < 4.78 is 0. The van der Waals surface area contributed by atoms with Crippen LogP contribution in [0.5, 0.6) is 0 Å². The Bertz CT molecular complexity index is 326. The third kappa shape index (κ3) is 22.3. The molecule has 0 aromatic heterocycles. The van der Waals surface area contributed by atoms with E-state index in [-0.39, 0.29) is 0 Å². The highest BCUT2D eigenvalue weighted by Gasteiger charge is 2.15. The van der Waals surface area contributed by atoms with Crippen LogP contribution in [-0.4, -0.2) is 125 Å². The van der Waals surface area contributed by atoms with Crippen molar-refractivity contribution in [1.29, 1.82) is 0 Å². The van der Waals surface area contributed by atoms with Crippen molar-refractivity contribution < 1.29 is 0 Å². The van der Waals surface area contributed by atoms with Gasteiger partial charge in [-0.15, -0.1) is 0 Å². The maximum absolute atomic E-state index is 2.53. The molecule has 0 saturated carbocycles. The van der Waals surface area contributed by atoms with Gasteiger partial charge < -0.3 is 19.6 Å². The van der Waals surface area contributed by atoms with Crippen molar-refractivity contribution in [2.45, 2.75) is 66.5 Å². The minimum absolute atomic E-state index is 0.667. The summed E-state index contributed by atoms with van der Waals surface area (Å²) in [7, 11) is 12.8. The van der Waals surface area contributed by atoms with E-state index < -0.39 is 0 Å². The average Bonchev–Trinajstić information content (AvgIpc) is 2.60. The van der Waals surface area contributed by atoms with E-state index in [0.717, 1.165) is 25.0 Å². The lowest BCUT2D eigenvalue weighted by Crippen LogP contribution is -2.47. The Morgan fingerprint density at radius 1 is 0.690 bits per heavy atom. The molecule has 0 bridgehead atoms. The molecule has 29 heavy (non-hydrogen) atoms. The van der Waals surface area contributed by atoms with E-state index in [0.29, 0.717) is 6.04 Å². The molecule has 0 spiro atoms. The lowest BCUT2D eigenvalue weighted by atomic mass is 10.1. The van der Waals surface area contributed by atoms with Crippen LogP contribution in [0.25, 0.3) is 0 Å². The van der Waals surface area contributed by atoms with Crippen LogP contribution in [0.2, 0.25) is 0 Å². The quantitative estimate of drug-likeness (QED) is 0.571. The lowest BCUT2D eigenvalue weighted by molar-refractivity contribution is 0.126. The molecule has 0 atom stereocenters. The number of nitrogens with zero attached hydrogens (tertiary/aromatic N) is 5. The Balaban J connectivity index is 0. The highest BCUT2D eigenvalue weighted by molar-refractivity contribution is 4.71. The zero-order valence-corrected chi connectivity index (χ0v) is 22.3. The largest absolute Gasteiger partial charge is 0.309 e. The minimum atomic E-state index is 0.667. The highest BCUT2D eigenvalue weighted by atomic mass is 15.3. The molecule has 1 aliphatic heterocycles. The van der Waals surface area contributed by atoms with Crippen molar-refractivity contribution in [2.75, 3.05) is 88.1 Å². The summed E-state index contributed by atoms with van der Waals surface area (Å²) in [6.45, 7) is 22.0. The van der Waals surface area contributed by atoms with Gasteiger partial charge in [0.05, 0.1) is 0 Å². The maximum Gasteiger partial charge on any atom is 0.0112 e. The Hall–Kier alpha value is -0.200. The molecular formula is C24H57N5. The first-order chi connectivity index (χ1) is 13.4. The summed E-state index contributed by atoms with van der Waals surface area (Å²) in [6.07, 6.45) is 2.70. The molecule has 178 valence electrons. The Kier molecular flexibility index (Phi) is 19.8. The van der Waals surface area contributed by atoms with Gasteiger partial charge in [0.2, 0.25) is 0 Å². The fraction of sp³-hybridized carbons (Fsp3) is 1.00. The third-order valence-corrected chi connectivity index (χ3v) is 5.44. The third-order valence-electron chi connectivity index (χ3n) is 5.44. The molecule has 5 heteroatoms. The molecule has 1 saturated heterocycles. The topological polar surface area (TPSA) is 16.2 Å². The van der Waals surface area contributed by atoms with E-state index in [2.05, 4.69) is 108 Å². The molecule has 1 fully saturated rings. The fourth-order valence-corrected chi connectivity index (χ4v) is 2.77. The second-order valence-corrected chi connectivity index (χ2v) is 10.1. The molecule has 0 radical (unpaired) electrons. The van der Waals surface area contributed by atoms with Gasteiger partial charge in [-0.3, -0.25) is 4.90 Å². The zero-order chi connectivity index (χ0) is 23.0. The van der Waals surface area contributed by atoms with Crippen LogP contribution in [0.3, 0.4) is 0 Å². The van der Waals surface area contributed by atoms with E-state index in [1.165, 1.54) is 45.6 Å². The van der Waals surface area contributed by atoms with Crippen molar-refractivity contribution >= 4 is 0 Å². The van der Waals surface area contributed by atoms with Crippen LogP contribution in [0.1, 0.15) is 54.4 Å². The first-order valence-electron chi connectivity index (χ1n) is 11.8. The first-order valence-corrected chi connectivity index (χ1v) is 11.8. The van der Waals surface area contributed by atoms with E-state index in [4.69, 9.17) is 0 Å². The number of likely N-dealkylation sites (N-methyl/N-ethyl adjacent to an activating group) is 3. The van der Waals surface area contributed by atoms with Crippen LogP contribution in [0, 0.1) is 5.92 Å². The van der Waals surface area contributed by atoms with Crippen molar-refractivity contribution in [2.24, 2.45) is 5.92 Å². The second-order valence-electron chi connectivity index (χ2n) is 10.1. The standard InChI is InChI=1S/C8H18N2.C8H20N2.C8H19N/c1-8(2)10-6-4-9(3)5-7-10;1-8(2)10(5)7-6-9(3)4;1-8(2)6-5-7-9(3)4/h8H,4-7H2,1-3H3;8H,6-7H2,1-5H3;8H,5-7H2,1-4H3. The second kappa shape index (κ2) is 18.6. The smallest absolute Gasteiger partial charge is 0.0112 e. The Morgan fingerprint density at radius 2 is 1.17 bits per heavy atom. The molecule has 0 aromatic carbocycles. The van der Waals surface area contributed by atoms with Gasteiger partial charge in [0.15, 0.2) is 0 Å². The number of rotatable bonds is 9. The molecular weight excluding hydrogens is 358 g/mol. The van der Waals surface area contributed by atoms with Gasteiger partial charge in [-0.2, -0.15) is 0 Å². The molecule has 1 heterocycles. The molecule has 0 amide bonds. The molecule has 0 unspecified atom stereocenters. The van der Waals surface area contributed by atoms with E-state index >= 15 is 0 Å². The summed E-state index contributed by atoms with van der Waals surface area (Å²) in [5, 5.41) is 0. The average molecular weight is 416 g/mol. The Morgan fingerprint density at radius 3 is 1.52 bits per heavy atom. The van der Waals surface area contributed by atoms with E-state index in [1.807, 2.05) is 0 Å². The van der Waals surface area contributed by atoms with Crippen molar-refractivity contribution in [1.82, 2.24) is 24.5 Å². The number of piperazine rings is 1. The molecule has 0 N–H and O–H groups in total. The molecule has 5 nitrogen and oxygen atoms in total. The van der Waals surface area contributed by atoms with Gasteiger partial charge in [-0.25, -0.2) is 0 Å². The summed E-state index contributed by atoms with van der Waals surface area (Å²) in [4.78, 5) is 11.7. The van der Waals surface area contributed by atoms with Gasteiger partial charge >= 0.3 is 0 Å². The first kappa shape index (κ1) is 31.0. The van der Waals surface area contributed by atoms with Crippen molar-refractivity contribution in [3.63, 3.8) is 0 Å². The molecule has 0 aliphatic carbocycles. The predicted molar refractivity (Wildman–Crippen MR) is 133 cm³/mol.